The van der Waals surface area contributed by atoms with Crippen molar-refractivity contribution in [1.29, 1.82) is 0 Å². The molecule has 0 saturated heterocycles. The Kier molecular flexibility index (Phi) is 6.26. The second-order valence-electron chi connectivity index (χ2n) is 6.75. The highest BCUT2D eigenvalue weighted by molar-refractivity contribution is 5.78. The molecule has 1 aromatic heterocycles. The molecule has 27 heavy (non-hydrogen) atoms. The smallest absolute Gasteiger partial charge is 0.258 e. The SMILES string of the molecule is CC(C)c1ccccc1OCC(=O)N[C@@H](Cc1ncc[nH]1)c1ccccc1. The number of hydrogen-bond acceptors (Lipinski definition) is 3. The van der Waals surface area contributed by atoms with Gasteiger partial charge in [-0.3, -0.25) is 4.79 Å². The lowest BCUT2D eigenvalue weighted by atomic mass is 10.0. The predicted molar refractivity (Wildman–Crippen MR) is 106 cm³/mol. The lowest BCUT2D eigenvalue weighted by molar-refractivity contribution is -0.123. The molecule has 3 aromatic rings. The van der Waals surface area contributed by atoms with Crippen LogP contribution >= 0.6 is 0 Å². The number of para-hydroxylation sites is 1. The van der Waals surface area contributed by atoms with Crippen molar-refractivity contribution in [2.75, 3.05) is 6.61 Å². The summed E-state index contributed by atoms with van der Waals surface area (Å²) in [5.74, 6) is 1.76. The summed E-state index contributed by atoms with van der Waals surface area (Å²) in [6.45, 7) is 4.19. The van der Waals surface area contributed by atoms with E-state index in [0.29, 0.717) is 12.3 Å². The maximum atomic E-state index is 12.5. The Balaban J connectivity index is 1.66. The maximum Gasteiger partial charge on any atom is 0.258 e. The number of nitrogens with zero attached hydrogens (tertiary/aromatic N) is 1. The topological polar surface area (TPSA) is 67.0 Å². The van der Waals surface area contributed by atoms with Gasteiger partial charge in [0.2, 0.25) is 0 Å². The quantitative estimate of drug-likeness (QED) is 0.635. The Morgan fingerprint density at radius 2 is 1.85 bits per heavy atom. The Bertz CT molecular complexity index is 845. The number of hydrogen-bond donors (Lipinski definition) is 2. The highest BCUT2D eigenvalue weighted by atomic mass is 16.5. The molecule has 0 aliphatic heterocycles. The van der Waals surface area contributed by atoms with E-state index in [1.54, 1.807) is 12.4 Å². The Labute approximate surface area is 159 Å². The summed E-state index contributed by atoms with van der Waals surface area (Å²) in [7, 11) is 0. The van der Waals surface area contributed by atoms with Gasteiger partial charge in [0, 0.05) is 18.8 Å². The zero-order valence-corrected chi connectivity index (χ0v) is 15.7. The minimum absolute atomic E-state index is 0.0226. The first-order valence-corrected chi connectivity index (χ1v) is 9.17. The van der Waals surface area contributed by atoms with Crippen LogP contribution < -0.4 is 10.1 Å². The summed E-state index contributed by atoms with van der Waals surface area (Å²) >= 11 is 0. The van der Waals surface area contributed by atoms with Crippen molar-refractivity contribution < 1.29 is 9.53 Å². The minimum atomic E-state index is -0.172. The average Bonchev–Trinajstić information content (AvgIpc) is 3.20. The van der Waals surface area contributed by atoms with Gasteiger partial charge in [-0.1, -0.05) is 62.4 Å². The molecule has 0 aliphatic carbocycles. The van der Waals surface area contributed by atoms with Gasteiger partial charge in [-0.15, -0.1) is 0 Å². The summed E-state index contributed by atoms with van der Waals surface area (Å²) < 4.78 is 5.80. The molecule has 0 unspecified atom stereocenters. The molecule has 5 nitrogen and oxygen atoms in total. The van der Waals surface area contributed by atoms with Crippen LogP contribution in [0.5, 0.6) is 5.75 Å². The first-order valence-electron chi connectivity index (χ1n) is 9.17. The molecule has 0 radical (unpaired) electrons. The van der Waals surface area contributed by atoms with Gasteiger partial charge in [0.1, 0.15) is 11.6 Å². The zero-order chi connectivity index (χ0) is 19.1. The van der Waals surface area contributed by atoms with Crippen LogP contribution in [-0.4, -0.2) is 22.5 Å². The van der Waals surface area contributed by atoms with Gasteiger partial charge in [-0.05, 0) is 23.1 Å². The molecule has 0 spiro atoms. The number of nitrogens with one attached hydrogen (secondary N) is 2. The molecule has 1 amide bonds. The van der Waals surface area contributed by atoms with Gasteiger partial charge in [-0.2, -0.15) is 0 Å². The molecule has 5 heteroatoms. The normalized spacial score (nSPS) is 12.0. The van der Waals surface area contributed by atoms with Gasteiger partial charge in [0.05, 0.1) is 6.04 Å². The second-order valence-corrected chi connectivity index (χ2v) is 6.75. The molecule has 2 aromatic carbocycles. The van der Waals surface area contributed by atoms with E-state index in [0.717, 1.165) is 22.7 Å². The Morgan fingerprint density at radius 1 is 1.11 bits per heavy atom. The van der Waals surface area contributed by atoms with E-state index in [1.807, 2.05) is 54.6 Å². The predicted octanol–water partition coefficient (Wildman–Crippen LogP) is 4.01. The molecule has 0 saturated carbocycles. The van der Waals surface area contributed by atoms with E-state index in [4.69, 9.17) is 4.74 Å². The molecule has 0 bridgehead atoms. The Morgan fingerprint density at radius 3 is 2.56 bits per heavy atom. The largest absolute Gasteiger partial charge is 0.483 e. The van der Waals surface area contributed by atoms with Crippen LogP contribution in [0.2, 0.25) is 0 Å². The molecule has 0 fully saturated rings. The van der Waals surface area contributed by atoms with E-state index in [-0.39, 0.29) is 18.6 Å². The van der Waals surface area contributed by atoms with E-state index >= 15 is 0 Å². The van der Waals surface area contributed by atoms with E-state index in [2.05, 4.69) is 29.1 Å². The zero-order valence-electron chi connectivity index (χ0n) is 15.7. The lowest BCUT2D eigenvalue weighted by Gasteiger charge is -2.19. The number of imidazole rings is 1. The number of carbonyl (C=O) groups excluding carboxylic acids is 1. The second kappa shape index (κ2) is 9.03. The maximum absolute atomic E-state index is 12.5. The van der Waals surface area contributed by atoms with Crippen LogP contribution in [0.1, 0.15) is 42.8 Å². The molecular weight excluding hydrogens is 338 g/mol. The van der Waals surface area contributed by atoms with Crippen molar-refractivity contribution in [3.63, 3.8) is 0 Å². The standard InChI is InChI=1S/C22H25N3O2/c1-16(2)18-10-6-7-11-20(18)27-15-22(26)25-19(14-21-23-12-13-24-21)17-8-4-3-5-9-17/h3-13,16,19H,14-15H2,1-2H3,(H,23,24)(H,25,26)/t19-/m0/s1. The lowest BCUT2D eigenvalue weighted by Crippen LogP contribution is -2.34. The summed E-state index contributed by atoms with van der Waals surface area (Å²) in [5, 5.41) is 3.07. The molecule has 3 rings (SSSR count). The highest BCUT2D eigenvalue weighted by Crippen LogP contribution is 2.25. The fourth-order valence-electron chi connectivity index (χ4n) is 3.01. The van der Waals surface area contributed by atoms with Crippen LogP contribution in [0.25, 0.3) is 0 Å². The van der Waals surface area contributed by atoms with Gasteiger partial charge >= 0.3 is 0 Å². The van der Waals surface area contributed by atoms with Crippen molar-refractivity contribution in [2.45, 2.75) is 32.2 Å². The number of aromatic nitrogens is 2. The molecule has 1 atom stereocenters. The van der Waals surface area contributed by atoms with Gasteiger partial charge in [0.15, 0.2) is 6.61 Å². The third-order valence-electron chi connectivity index (χ3n) is 4.39. The minimum Gasteiger partial charge on any atom is -0.483 e. The molecule has 1 heterocycles. The van der Waals surface area contributed by atoms with E-state index < -0.39 is 0 Å². The van der Waals surface area contributed by atoms with Crippen molar-refractivity contribution in [3.05, 3.63) is 83.9 Å². The van der Waals surface area contributed by atoms with Crippen LogP contribution in [0.3, 0.4) is 0 Å². The Hall–Kier alpha value is -3.08. The summed E-state index contributed by atoms with van der Waals surface area (Å²) in [6.07, 6.45) is 4.08. The van der Waals surface area contributed by atoms with Crippen LogP contribution in [0, 0.1) is 0 Å². The third kappa shape index (κ3) is 5.20. The fraction of sp³-hybridized carbons (Fsp3) is 0.273. The average molecular weight is 363 g/mol. The summed E-state index contributed by atoms with van der Waals surface area (Å²) in [6, 6.07) is 17.6. The van der Waals surface area contributed by atoms with E-state index in [9.17, 15) is 4.79 Å². The monoisotopic (exact) mass is 363 g/mol. The van der Waals surface area contributed by atoms with Crippen molar-refractivity contribution >= 4 is 5.91 Å². The molecular formula is C22H25N3O2. The number of benzene rings is 2. The van der Waals surface area contributed by atoms with Crippen LogP contribution in [-0.2, 0) is 11.2 Å². The summed E-state index contributed by atoms with van der Waals surface area (Å²) in [5.41, 5.74) is 2.13. The van der Waals surface area contributed by atoms with Crippen molar-refractivity contribution in [3.8, 4) is 5.75 Å². The van der Waals surface area contributed by atoms with Crippen molar-refractivity contribution in [1.82, 2.24) is 15.3 Å². The fourth-order valence-corrected chi connectivity index (χ4v) is 3.01. The van der Waals surface area contributed by atoms with Gasteiger partial charge < -0.3 is 15.0 Å². The molecule has 0 aliphatic rings. The van der Waals surface area contributed by atoms with E-state index in [1.165, 1.54) is 0 Å². The number of aromatic amines is 1. The number of H-pyrrole nitrogens is 1. The van der Waals surface area contributed by atoms with Crippen LogP contribution in [0.4, 0.5) is 0 Å². The molecule has 2 N–H and O–H groups in total. The number of rotatable bonds is 8. The highest BCUT2D eigenvalue weighted by Gasteiger charge is 2.17. The van der Waals surface area contributed by atoms with Crippen molar-refractivity contribution in [2.24, 2.45) is 0 Å². The van der Waals surface area contributed by atoms with Gasteiger partial charge in [0.25, 0.3) is 5.91 Å². The third-order valence-corrected chi connectivity index (χ3v) is 4.39. The van der Waals surface area contributed by atoms with Crippen LogP contribution in [0.15, 0.2) is 67.0 Å². The number of amides is 1. The summed E-state index contributed by atoms with van der Waals surface area (Å²) in [4.78, 5) is 19.9. The first-order chi connectivity index (χ1) is 13.1. The number of carbonyl (C=O) groups is 1. The number of ether oxygens (including phenoxy) is 1. The molecule has 140 valence electrons. The first kappa shape index (κ1) is 18.7. The van der Waals surface area contributed by atoms with Gasteiger partial charge in [-0.25, -0.2) is 4.98 Å².